The molecule has 0 unspecified atom stereocenters. The summed E-state index contributed by atoms with van der Waals surface area (Å²) in [4.78, 5) is 45.1. The molecule has 2 amide bonds. The average Bonchev–Trinajstić information content (AvgIpc) is 3.43. The van der Waals surface area contributed by atoms with E-state index in [0.29, 0.717) is 11.8 Å². The zero-order chi connectivity index (χ0) is 26.2. The van der Waals surface area contributed by atoms with Crippen LogP contribution in [-0.2, 0) is 19.1 Å². The van der Waals surface area contributed by atoms with Crippen LogP contribution in [0, 0.1) is 11.8 Å². The second-order valence-corrected chi connectivity index (χ2v) is 11.2. The van der Waals surface area contributed by atoms with Crippen molar-refractivity contribution < 1.29 is 38.9 Å². The van der Waals surface area contributed by atoms with E-state index < -0.39 is 23.1 Å². The zero-order valence-electron chi connectivity index (χ0n) is 20.7. The Morgan fingerprint density at radius 1 is 0.706 bits per heavy atom. The Bertz CT molecular complexity index is 740. The van der Waals surface area contributed by atoms with Gasteiger partial charge in [0, 0.05) is 25.2 Å². The minimum Gasteiger partial charge on any atom is -0.473 e. The molecule has 0 aromatic carbocycles. The van der Waals surface area contributed by atoms with E-state index in [1.165, 1.54) is 0 Å². The van der Waals surface area contributed by atoms with Gasteiger partial charge in [-0.2, -0.15) is 0 Å². The maximum absolute atomic E-state index is 11.7. The lowest BCUT2D eigenvalue weighted by Gasteiger charge is -2.33. The Morgan fingerprint density at radius 3 is 1.15 bits per heavy atom. The molecule has 6 atom stereocenters. The Morgan fingerprint density at radius 2 is 1.00 bits per heavy atom. The van der Waals surface area contributed by atoms with Crippen LogP contribution in [0.4, 0.5) is 9.59 Å². The summed E-state index contributed by atoms with van der Waals surface area (Å²) in [5.41, 5.74) is 10.9. The molecule has 4 saturated heterocycles. The average molecular weight is 487 g/mol. The maximum Gasteiger partial charge on any atom is 0.414 e. The van der Waals surface area contributed by atoms with E-state index in [1.54, 1.807) is 9.80 Å². The molecular formula is C22H38N4O8. The van der Waals surface area contributed by atoms with Crippen LogP contribution >= 0.6 is 0 Å². The summed E-state index contributed by atoms with van der Waals surface area (Å²) in [6.45, 7) is 12.8. The lowest BCUT2D eigenvalue weighted by molar-refractivity contribution is -0.159. The van der Waals surface area contributed by atoms with Crippen molar-refractivity contribution in [1.29, 1.82) is 0 Å². The van der Waals surface area contributed by atoms with E-state index in [1.807, 2.05) is 41.5 Å². The van der Waals surface area contributed by atoms with E-state index in [-0.39, 0.29) is 36.4 Å². The van der Waals surface area contributed by atoms with Crippen LogP contribution in [0.25, 0.3) is 0 Å². The molecular weight excluding hydrogens is 448 g/mol. The smallest absolute Gasteiger partial charge is 0.414 e. The van der Waals surface area contributed by atoms with Crippen LogP contribution < -0.4 is 11.5 Å². The molecule has 12 nitrogen and oxygen atoms in total. The number of carboxylic acid groups (broad SMARTS) is 2. The SMILES string of the molecule is CC(C)(C)OC(=O)N1C[C@H]2C[C@@H]1[C@H]2N.CC(C)(C)OC(=O)N1C[C@H]2C[C@@H]1[C@H]2N.O=C(O)C(=O)O. The van der Waals surface area contributed by atoms with E-state index in [0.717, 1.165) is 25.9 Å². The number of ether oxygens (including phenoxy) is 2. The molecule has 12 heteroatoms. The van der Waals surface area contributed by atoms with Gasteiger partial charge in [0.1, 0.15) is 11.2 Å². The van der Waals surface area contributed by atoms with Crippen molar-refractivity contribution in [2.75, 3.05) is 13.1 Å². The molecule has 6 aliphatic rings. The van der Waals surface area contributed by atoms with E-state index >= 15 is 0 Å². The second-order valence-electron chi connectivity index (χ2n) is 11.2. The highest BCUT2D eigenvalue weighted by Gasteiger charge is 2.53. The molecule has 6 fully saturated rings. The highest BCUT2D eigenvalue weighted by molar-refractivity contribution is 6.27. The number of rotatable bonds is 0. The van der Waals surface area contributed by atoms with Crippen molar-refractivity contribution in [3.05, 3.63) is 0 Å². The summed E-state index contributed by atoms with van der Waals surface area (Å²) in [5.74, 6) is -2.63. The van der Waals surface area contributed by atoms with Gasteiger partial charge in [0.2, 0.25) is 0 Å². The number of nitrogens with zero attached hydrogens (tertiary/aromatic N) is 2. The minimum absolute atomic E-state index is 0.183. The van der Waals surface area contributed by atoms with Gasteiger partial charge in [-0.3, -0.25) is 0 Å². The van der Waals surface area contributed by atoms with Crippen LogP contribution in [0.2, 0.25) is 0 Å². The quantitative estimate of drug-likeness (QED) is 0.361. The van der Waals surface area contributed by atoms with Crippen molar-refractivity contribution in [1.82, 2.24) is 9.80 Å². The summed E-state index contributed by atoms with van der Waals surface area (Å²) in [5, 5.41) is 14.8. The van der Waals surface area contributed by atoms with Gasteiger partial charge in [-0.1, -0.05) is 0 Å². The Hall–Kier alpha value is -2.60. The first-order chi connectivity index (χ1) is 15.4. The molecule has 2 aliphatic carbocycles. The van der Waals surface area contributed by atoms with Crippen molar-refractivity contribution in [3.8, 4) is 0 Å². The molecule has 4 bridgehead atoms. The highest BCUT2D eigenvalue weighted by Crippen LogP contribution is 2.41. The van der Waals surface area contributed by atoms with Gasteiger partial charge < -0.3 is 41.0 Å². The zero-order valence-corrected chi connectivity index (χ0v) is 20.7. The van der Waals surface area contributed by atoms with Crippen molar-refractivity contribution >= 4 is 24.1 Å². The molecule has 2 saturated carbocycles. The highest BCUT2D eigenvalue weighted by atomic mass is 16.6. The Kier molecular flexibility index (Phi) is 8.09. The predicted octanol–water partition coefficient (Wildman–Crippen LogP) is 1.06. The minimum atomic E-state index is -1.82. The topological polar surface area (TPSA) is 186 Å². The molecule has 0 radical (unpaired) electrons. The number of carbonyl (C=O) groups is 4. The number of amides is 2. The Labute approximate surface area is 199 Å². The first kappa shape index (κ1) is 27.6. The maximum atomic E-state index is 11.7. The summed E-state index contributed by atoms with van der Waals surface area (Å²) >= 11 is 0. The van der Waals surface area contributed by atoms with Crippen LogP contribution in [-0.4, -0.2) is 92.6 Å². The first-order valence-corrected chi connectivity index (χ1v) is 11.4. The molecule has 6 N–H and O–H groups in total. The number of hydrogen-bond donors (Lipinski definition) is 4. The van der Waals surface area contributed by atoms with Crippen LogP contribution in [0.5, 0.6) is 0 Å². The molecule has 0 spiro atoms. The van der Waals surface area contributed by atoms with Gasteiger partial charge in [-0.25, -0.2) is 19.2 Å². The normalized spacial score (nSPS) is 30.5. The molecule has 6 rings (SSSR count). The van der Waals surface area contributed by atoms with Crippen molar-refractivity contribution in [2.45, 2.75) is 89.8 Å². The van der Waals surface area contributed by atoms with Gasteiger partial charge in [0.05, 0.1) is 12.1 Å². The van der Waals surface area contributed by atoms with Crippen LogP contribution in [0.3, 0.4) is 0 Å². The van der Waals surface area contributed by atoms with Gasteiger partial charge in [-0.15, -0.1) is 0 Å². The molecule has 34 heavy (non-hydrogen) atoms. The van der Waals surface area contributed by atoms with E-state index in [9.17, 15) is 9.59 Å². The van der Waals surface area contributed by atoms with Crippen LogP contribution in [0.15, 0.2) is 0 Å². The van der Waals surface area contributed by atoms with Crippen LogP contribution in [0.1, 0.15) is 54.4 Å². The number of hydrogen-bond acceptors (Lipinski definition) is 8. The lowest BCUT2D eigenvalue weighted by Crippen LogP contribution is -2.51. The van der Waals surface area contributed by atoms with E-state index in [2.05, 4.69) is 0 Å². The largest absolute Gasteiger partial charge is 0.473 e. The number of carbonyl (C=O) groups excluding carboxylic acids is 2. The van der Waals surface area contributed by atoms with Gasteiger partial charge in [-0.05, 0) is 66.2 Å². The fourth-order valence-corrected chi connectivity index (χ4v) is 4.39. The number of fused-ring (bicyclic) bond motifs is 2. The van der Waals surface area contributed by atoms with Gasteiger partial charge in [0.15, 0.2) is 0 Å². The summed E-state index contributed by atoms with van der Waals surface area (Å²) in [6.07, 6.45) is 1.69. The standard InChI is InChI=1S/2C10H18N2O2.C2H2O4/c2*1-10(2,3)14-9(13)12-5-6-4-7(12)8(6)11;3-1(4)2(5)6/h2*6-8H,4-5,11H2,1-3H3;(H,3,4)(H,5,6)/t2*6-,7-,8+;/m11./s1. The summed E-state index contributed by atoms with van der Waals surface area (Å²) < 4.78 is 10.6. The van der Waals surface area contributed by atoms with E-state index in [4.69, 9.17) is 40.7 Å². The number of carboxylic acids is 2. The Balaban J connectivity index is 0.000000196. The molecule has 4 aliphatic heterocycles. The molecule has 4 heterocycles. The summed E-state index contributed by atoms with van der Waals surface area (Å²) in [6, 6.07) is 0.828. The number of aliphatic carboxylic acids is 2. The third-order valence-corrected chi connectivity index (χ3v) is 6.17. The fraction of sp³-hybridized carbons (Fsp3) is 0.818. The third-order valence-electron chi connectivity index (χ3n) is 6.17. The second kappa shape index (κ2) is 9.95. The fourth-order valence-electron chi connectivity index (χ4n) is 4.39. The molecule has 194 valence electrons. The number of nitrogens with two attached hydrogens (primary N) is 2. The summed E-state index contributed by atoms with van der Waals surface area (Å²) in [7, 11) is 0. The van der Waals surface area contributed by atoms with Gasteiger partial charge in [0.25, 0.3) is 0 Å². The monoisotopic (exact) mass is 486 g/mol. The van der Waals surface area contributed by atoms with Crippen molar-refractivity contribution in [2.24, 2.45) is 23.3 Å². The lowest BCUT2D eigenvalue weighted by atomic mass is 9.81. The molecule has 0 aromatic rings. The van der Waals surface area contributed by atoms with Crippen molar-refractivity contribution in [3.63, 3.8) is 0 Å². The first-order valence-electron chi connectivity index (χ1n) is 11.4. The van der Waals surface area contributed by atoms with Gasteiger partial charge >= 0.3 is 24.1 Å². The molecule has 0 aromatic heterocycles. The third kappa shape index (κ3) is 6.72. The predicted molar refractivity (Wildman–Crippen MR) is 121 cm³/mol.